The average molecular weight is 682 g/mol. The Balaban J connectivity index is 1.66. The van der Waals surface area contributed by atoms with Crippen molar-refractivity contribution >= 4 is 28.7 Å². The molecule has 0 aliphatic heterocycles. The van der Waals surface area contributed by atoms with Crippen LogP contribution in [0.4, 0.5) is 11.4 Å². The predicted molar refractivity (Wildman–Crippen MR) is 218 cm³/mol. The number of rotatable bonds is 11. The highest BCUT2D eigenvalue weighted by Gasteiger charge is 2.27. The van der Waals surface area contributed by atoms with Crippen molar-refractivity contribution in [1.82, 2.24) is 5.32 Å². The standard InChI is InChI=1S/C48H47N3O/c1-32(2)40-28-19-29-41(48(52)49-6)46(40)50-34(4)35(5)51-47-42(44(36-20-11-7-12-21-36)37-22-13-8-14-23-37)30-33(3)31-43(47)45(38-24-15-9-16-25-38)39-26-17-10-18-27-39/h7-32,44-45H,1-6H3,(H,49,52). The largest absolute Gasteiger partial charge is 0.355 e. The first kappa shape index (κ1) is 35.9. The molecule has 0 unspecified atom stereocenters. The van der Waals surface area contributed by atoms with Gasteiger partial charge in [-0.2, -0.15) is 0 Å². The van der Waals surface area contributed by atoms with E-state index in [0.29, 0.717) is 11.3 Å². The summed E-state index contributed by atoms with van der Waals surface area (Å²) in [7, 11) is 1.66. The van der Waals surface area contributed by atoms with Gasteiger partial charge in [-0.25, -0.2) is 0 Å². The van der Waals surface area contributed by atoms with Crippen molar-refractivity contribution in [2.75, 3.05) is 7.05 Å². The summed E-state index contributed by atoms with van der Waals surface area (Å²) in [6.45, 7) is 10.5. The van der Waals surface area contributed by atoms with Crippen LogP contribution >= 0.6 is 0 Å². The highest BCUT2D eigenvalue weighted by Crippen LogP contribution is 2.45. The molecule has 260 valence electrons. The molecule has 0 saturated heterocycles. The molecule has 6 aromatic carbocycles. The fourth-order valence-corrected chi connectivity index (χ4v) is 7.06. The van der Waals surface area contributed by atoms with E-state index in [1.807, 2.05) is 26.0 Å². The molecule has 6 aromatic rings. The summed E-state index contributed by atoms with van der Waals surface area (Å²) in [5.41, 5.74) is 12.9. The quantitative estimate of drug-likeness (QED) is 0.107. The molecule has 1 N–H and O–H groups in total. The van der Waals surface area contributed by atoms with E-state index in [0.717, 1.165) is 33.8 Å². The molecule has 0 heterocycles. The first-order valence-electron chi connectivity index (χ1n) is 18.1. The van der Waals surface area contributed by atoms with E-state index in [1.54, 1.807) is 7.05 Å². The van der Waals surface area contributed by atoms with Gasteiger partial charge in [0.2, 0.25) is 0 Å². The van der Waals surface area contributed by atoms with Gasteiger partial charge in [-0.3, -0.25) is 14.8 Å². The van der Waals surface area contributed by atoms with Gasteiger partial charge in [0, 0.05) is 18.9 Å². The molecule has 0 bridgehead atoms. The van der Waals surface area contributed by atoms with Crippen LogP contribution in [0.3, 0.4) is 0 Å². The smallest absolute Gasteiger partial charge is 0.253 e. The third kappa shape index (κ3) is 7.87. The number of hydrogen-bond acceptors (Lipinski definition) is 3. The highest BCUT2D eigenvalue weighted by atomic mass is 16.1. The molecule has 4 heteroatoms. The molecule has 0 spiro atoms. The Labute approximate surface area is 309 Å². The average Bonchev–Trinajstić information content (AvgIpc) is 3.17. The van der Waals surface area contributed by atoms with E-state index in [1.165, 1.54) is 27.8 Å². The van der Waals surface area contributed by atoms with Crippen LogP contribution in [0, 0.1) is 6.92 Å². The molecule has 6 rings (SSSR count). The lowest BCUT2D eigenvalue weighted by Gasteiger charge is -2.27. The van der Waals surface area contributed by atoms with Gasteiger partial charge in [-0.05, 0) is 71.7 Å². The van der Waals surface area contributed by atoms with Crippen LogP contribution in [0.5, 0.6) is 0 Å². The molecule has 0 aliphatic carbocycles. The molecule has 52 heavy (non-hydrogen) atoms. The topological polar surface area (TPSA) is 53.8 Å². The van der Waals surface area contributed by atoms with Gasteiger partial charge in [0.25, 0.3) is 5.91 Å². The maximum absolute atomic E-state index is 13.1. The number of nitrogens with zero attached hydrogens (tertiary/aromatic N) is 2. The number of aliphatic imine (C=N–C) groups is 2. The number of carbonyl (C=O) groups excluding carboxylic acids is 1. The van der Waals surface area contributed by atoms with Crippen molar-refractivity contribution in [3.8, 4) is 0 Å². The second-order valence-corrected chi connectivity index (χ2v) is 13.7. The minimum atomic E-state index is -0.158. The monoisotopic (exact) mass is 681 g/mol. The van der Waals surface area contributed by atoms with Gasteiger partial charge in [0.05, 0.1) is 28.4 Å². The molecule has 0 saturated carbocycles. The third-order valence-electron chi connectivity index (χ3n) is 9.71. The Morgan fingerprint density at radius 2 is 0.904 bits per heavy atom. The Morgan fingerprint density at radius 3 is 1.27 bits per heavy atom. The number of aryl methyl sites for hydroxylation is 1. The lowest BCUT2D eigenvalue weighted by atomic mass is 9.78. The zero-order valence-electron chi connectivity index (χ0n) is 31.0. The molecule has 1 amide bonds. The molecular weight excluding hydrogens is 635 g/mol. The summed E-state index contributed by atoms with van der Waals surface area (Å²) in [5, 5.41) is 2.80. The molecule has 0 atom stereocenters. The molecule has 0 aliphatic rings. The normalized spacial score (nSPS) is 12.1. The van der Waals surface area contributed by atoms with Gasteiger partial charge in [0.1, 0.15) is 0 Å². The van der Waals surface area contributed by atoms with Crippen molar-refractivity contribution in [1.29, 1.82) is 0 Å². The lowest BCUT2D eigenvalue weighted by molar-refractivity contribution is 0.0963. The van der Waals surface area contributed by atoms with E-state index in [4.69, 9.17) is 9.98 Å². The van der Waals surface area contributed by atoms with Gasteiger partial charge in [0.15, 0.2) is 0 Å². The number of carbonyl (C=O) groups is 1. The molecule has 0 fully saturated rings. The summed E-state index contributed by atoms with van der Waals surface area (Å²) in [5.74, 6) is -0.121. The van der Waals surface area contributed by atoms with Crippen LogP contribution in [0.15, 0.2) is 162 Å². The first-order valence-corrected chi connectivity index (χ1v) is 18.1. The van der Waals surface area contributed by atoms with E-state index >= 15 is 0 Å². The first-order chi connectivity index (χ1) is 25.3. The zero-order valence-corrected chi connectivity index (χ0v) is 31.0. The summed E-state index contributed by atoms with van der Waals surface area (Å²) in [4.78, 5) is 23.8. The summed E-state index contributed by atoms with van der Waals surface area (Å²) >= 11 is 0. The van der Waals surface area contributed by atoms with E-state index < -0.39 is 0 Å². The van der Waals surface area contributed by atoms with Crippen molar-refractivity contribution in [2.45, 2.75) is 52.4 Å². The highest BCUT2D eigenvalue weighted by molar-refractivity contribution is 6.41. The van der Waals surface area contributed by atoms with Crippen LogP contribution in [0.1, 0.15) is 100 Å². The fourth-order valence-electron chi connectivity index (χ4n) is 7.06. The summed E-state index contributed by atoms with van der Waals surface area (Å²) in [6, 6.07) is 53.3. The Kier molecular flexibility index (Phi) is 11.4. The van der Waals surface area contributed by atoms with Crippen LogP contribution in [0.25, 0.3) is 0 Å². The molecule has 0 radical (unpaired) electrons. The van der Waals surface area contributed by atoms with Crippen LogP contribution in [-0.2, 0) is 0 Å². The number of benzene rings is 6. The molecule has 4 nitrogen and oxygen atoms in total. The predicted octanol–water partition coefficient (Wildman–Crippen LogP) is 11.7. The van der Waals surface area contributed by atoms with E-state index in [9.17, 15) is 4.79 Å². The van der Waals surface area contributed by atoms with Crippen LogP contribution in [0.2, 0.25) is 0 Å². The number of para-hydroxylation sites is 1. The lowest BCUT2D eigenvalue weighted by Crippen LogP contribution is -2.18. The summed E-state index contributed by atoms with van der Waals surface area (Å²) in [6.07, 6.45) is 0. The van der Waals surface area contributed by atoms with Gasteiger partial charge in [-0.15, -0.1) is 0 Å². The Bertz CT molecular complexity index is 2000. The second kappa shape index (κ2) is 16.4. The Morgan fingerprint density at radius 1 is 0.519 bits per heavy atom. The summed E-state index contributed by atoms with van der Waals surface area (Å²) < 4.78 is 0. The minimum Gasteiger partial charge on any atom is -0.355 e. The SMILES string of the molecule is CNC(=O)c1cccc(C(C)C)c1N=C(C)C(C)=Nc1c(C(c2ccccc2)c2ccccc2)cc(C)cc1C(c1ccccc1)c1ccccc1. The van der Waals surface area contributed by atoms with Gasteiger partial charge in [-0.1, -0.05) is 165 Å². The number of amides is 1. The molecule has 0 aromatic heterocycles. The van der Waals surface area contributed by atoms with Crippen LogP contribution < -0.4 is 5.32 Å². The van der Waals surface area contributed by atoms with Gasteiger partial charge >= 0.3 is 0 Å². The van der Waals surface area contributed by atoms with Crippen molar-refractivity contribution in [3.63, 3.8) is 0 Å². The van der Waals surface area contributed by atoms with E-state index in [-0.39, 0.29) is 23.7 Å². The van der Waals surface area contributed by atoms with Crippen molar-refractivity contribution in [3.05, 3.63) is 202 Å². The number of hydrogen-bond donors (Lipinski definition) is 1. The zero-order chi connectivity index (χ0) is 36.6. The Hall–Kier alpha value is -5.87. The van der Waals surface area contributed by atoms with Gasteiger partial charge < -0.3 is 5.32 Å². The minimum absolute atomic E-state index is 0.0708. The third-order valence-corrected chi connectivity index (χ3v) is 9.71. The van der Waals surface area contributed by atoms with E-state index in [2.05, 4.69) is 166 Å². The fraction of sp³-hybridized carbons (Fsp3) is 0.188. The second-order valence-electron chi connectivity index (χ2n) is 13.7. The van der Waals surface area contributed by atoms with Crippen molar-refractivity contribution in [2.24, 2.45) is 9.98 Å². The maximum Gasteiger partial charge on any atom is 0.253 e. The molecular formula is C48H47N3O. The van der Waals surface area contributed by atoms with Crippen LogP contribution in [-0.4, -0.2) is 24.4 Å². The van der Waals surface area contributed by atoms with Crippen molar-refractivity contribution < 1.29 is 4.79 Å². The maximum atomic E-state index is 13.1. The number of nitrogens with one attached hydrogen (secondary N) is 1.